The molecule has 12 rings (SSSR count). The predicted octanol–water partition coefficient (Wildman–Crippen LogP) is 19.8. The molecule has 0 atom stereocenters. The van der Waals surface area contributed by atoms with E-state index < -0.39 is 0 Å². The molecule has 1 aromatic heterocycles. The molecule has 0 N–H and O–H groups in total. The molecule has 0 fully saturated rings. The van der Waals surface area contributed by atoms with Gasteiger partial charge < -0.3 is 9.47 Å². The Morgan fingerprint density at radius 2 is 0.889 bits per heavy atom. The Hall–Kier alpha value is -8.46. The maximum Gasteiger partial charge on any atom is 0.0561 e. The summed E-state index contributed by atoms with van der Waals surface area (Å²) in [5.41, 5.74) is 18.8. The highest BCUT2D eigenvalue weighted by Crippen LogP contribution is 2.50. The van der Waals surface area contributed by atoms with E-state index in [0.29, 0.717) is 0 Å². The predicted molar refractivity (Wildman–Crippen MR) is 310 cm³/mol. The van der Waals surface area contributed by atoms with Gasteiger partial charge in [0.1, 0.15) is 0 Å². The van der Waals surface area contributed by atoms with Gasteiger partial charge in [-0.1, -0.05) is 242 Å². The summed E-state index contributed by atoms with van der Waals surface area (Å²) in [5.74, 6) is 0. The monoisotopic (exact) mass is 926 g/mol. The van der Waals surface area contributed by atoms with Crippen molar-refractivity contribution in [2.24, 2.45) is 0 Å². The summed E-state index contributed by atoms with van der Waals surface area (Å²) < 4.78 is 2.43. The van der Waals surface area contributed by atoms with Crippen molar-refractivity contribution in [2.45, 2.75) is 52.4 Å². The van der Waals surface area contributed by atoms with Gasteiger partial charge in [0.2, 0.25) is 0 Å². The molecule has 0 aliphatic carbocycles. The first-order chi connectivity index (χ1) is 35.0. The second kappa shape index (κ2) is 17.7. The quantitative estimate of drug-likeness (QED) is 0.147. The van der Waals surface area contributed by atoms with Crippen LogP contribution in [-0.4, -0.2) is 4.57 Å². The molecular weight excluding hydrogens is 869 g/mol. The minimum atomic E-state index is -0.0269. The summed E-state index contributed by atoms with van der Waals surface area (Å²) in [6, 6.07) is 90.1. The lowest BCUT2D eigenvalue weighted by molar-refractivity contribution is 0.569. The summed E-state index contributed by atoms with van der Waals surface area (Å²) in [6.07, 6.45) is 0. The minimum absolute atomic E-state index is 0.0269. The number of hydrogen-bond donors (Lipinski definition) is 0. The highest BCUT2D eigenvalue weighted by atomic mass is 15.2. The Morgan fingerprint density at radius 1 is 0.319 bits per heavy atom. The van der Waals surface area contributed by atoms with Crippen LogP contribution in [-0.2, 0) is 10.8 Å². The van der Waals surface area contributed by atoms with Gasteiger partial charge in [-0.15, -0.1) is 0 Å². The van der Waals surface area contributed by atoms with Crippen molar-refractivity contribution in [1.82, 2.24) is 4.57 Å². The van der Waals surface area contributed by atoms with Crippen LogP contribution in [0.25, 0.3) is 93.5 Å². The Bertz CT molecular complexity index is 3950. The van der Waals surface area contributed by atoms with E-state index in [1.54, 1.807) is 0 Å². The van der Waals surface area contributed by atoms with Crippen molar-refractivity contribution >= 4 is 60.4 Å². The summed E-state index contributed by atoms with van der Waals surface area (Å²) in [5, 5.41) is 7.34. The van der Waals surface area contributed by atoms with Crippen molar-refractivity contribution in [3.8, 4) is 50.2 Å². The molecule has 0 spiro atoms. The lowest BCUT2D eigenvalue weighted by Crippen LogP contribution is -2.16. The molecule has 0 saturated carbocycles. The molecule has 0 radical (unpaired) electrons. The average molecular weight is 927 g/mol. The van der Waals surface area contributed by atoms with Crippen LogP contribution in [0.5, 0.6) is 0 Å². The second-order valence-corrected chi connectivity index (χ2v) is 21.4. The number of fused-ring (bicyclic) bond motifs is 5. The van der Waals surface area contributed by atoms with Crippen LogP contribution in [0.15, 0.2) is 243 Å². The number of para-hydroxylation sites is 3. The molecule has 2 heteroatoms. The van der Waals surface area contributed by atoms with Crippen LogP contribution in [0.4, 0.5) is 17.1 Å². The fourth-order valence-electron chi connectivity index (χ4n) is 10.9. The number of hydrogen-bond acceptors (Lipinski definition) is 1. The largest absolute Gasteiger partial charge is 0.309 e. The Balaban J connectivity index is 1.18. The smallest absolute Gasteiger partial charge is 0.0561 e. The Morgan fingerprint density at radius 3 is 1.62 bits per heavy atom. The van der Waals surface area contributed by atoms with Crippen molar-refractivity contribution in [3.63, 3.8) is 0 Å². The van der Waals surface area contributed by atoms with Gasteiger partial charge >= 0.3 is 0 Å². The number of rotatable bonds is 8. The van der Waals surface area contributed by atoms with Crippen LogP contribution in [0.1, 0.15) is 52.7 Å². The SMILES string of the molecule is CC(C)(C)c1cc(-c2cccc3cccc(-c4ccccc4N(c4ccc5c6ccccc6n(-c6ccccc6)c5c4)c4cc(-c5cccc6ccccc56)ccc4-c4ccccc4)c23)cc(C(C)(C)C)c1. The first kappa shape index (κ1) is 44.7. The highest BCUT2D eigenvalue weighted by Gasteiger charge is 2.26. The van der Waals surface area contributed by atoms with Gasteiger partial charge in [0.25, 0.3) is 0 Å². The fraction of sp³-hybridized carbons (Fsp3) is 0.114. The number of nitrogens with zero attached hydrogens (tertiary/aromatic N) is 2. The third-order valence-electron chi connectivity index (χ3n) is 14.7. The van der Waals surface area contributed by atoms with Gasteiger partial charge in [0.15, 0.2) is 0 Å². The third-order valence-corrected chi connectivity index (χ3v) is 14.7. The Kier molecular flexibility index (Phi) is 11.0. The molecule has 72 heavy (non-hydrogen) atoms. The van der Waals surface area contributed by atoms with E-state index >= 15 is 0 Å². The molecule has 0 saturated heterocycles. The maximum atomic E-state index is 2.54. The molecule has 0 unspecified atom stereocenters. The van der Waals surface area contributed by atoms with E-state index in [-0.39, 0.29) is 10.8 Å². The van der Waals surface area contributed by atoms with E-state index in [0.717, 1.165) is 50.5 Å². The standard InChI is InChI=1S/C70H58N2/c1-69(2,3)52-42-51(43-53(45-52)70(4,5)6)59-34-20-26-49-27-21-35-63(68(49)59)61-32-16-18-37-65(61)72(55-39-41-62-60-31-15-17-36-64(60)71(67(62)46-55)54-28-11-8-12-29-54)66-44-50(38-40-58(66)48-22-9-7-10-23-48)57-33-19-25-47-24-13-14-30-56(47)57/h7-46H,1-6H3. The number of anilines is 3. The molecule has 0 aliphatic rings. The molecule has 348 valence electrons. The molecule has 0 bridgehead atoms. The lowest BCUT2D eigenvalue weighted by atomic mass is 9.78. The van der Waals surface area contributed by atoms with Gasteiger partial charge in [-0.3, -0.25) is 0 Å². The zero-order chi connectivity index (χ0) is 49.1. The lowest BCUT2D eigenvalue weighted by Gasteiger charge is -2.31. The summed E-state index contributed by atoms with van der Waals surface area (Å²) in [7, 11) is 0. The van der Waals surface area contributed by atoms with Crippen molar-refractivity contribution in [2.75, 3.05) is 4.90 Å². The van der Waals surface area contributed by atoms with Crippen LogP contribution >= 0.6 is 0 Å². The molecular formula is C70H58N2. The summed E-state index contributed by atoms with van der Waals surface area (Å²) >= 11 is 0. The molecule has 1 heterocycles. The third kappa shape index (κ3) is 7.94. The van der Waals surface area contributed by atoms with Gasteiger partial charge in [0.05, 0.1) is 22.4 Å². The van der Waals surface area contributed by atoms with Crippen LogP contribution < -0.4 is 4.90 Å². The molecule has 0 aliphatic heterocycles. The van der Waals surface area contributed by atoms with Gasteiger partial charge in [-0.2, -0.15) is 0 Å². The van der Waals surface area contributed by atoms with E-state index in [2.05, 4.69) is 294 Å². The first-order valence-corrected chi connectivity index (χ1v) is 25.3. The summed E-state index contributed by atoms with van der Waals surface area (Å²) in [4.78, 5) is 2.54. The zero-order valence-corrected chi connectivity index (χ0v) is 42.0. The van der Waals surface area contributed by atoms with Crippen molar-refractivity contribution in [3.05, 3.63) is 254 Å². The zero-order valence-electron chi connectivity index (χ0n) is 42.0. The Labute approximate surface area is 424 Å². The molecule has 2 nitrogen and oxygen atoms in total. The molecule has 12 aromatic rings. The van der Waals surface area contributed by atoms with E-state index in [1.165, 1.54) is 71.2 Å². The van der Waals surface area contributed by atoms with Crippen LogP contribution in [0.3, 0.4) is 0 Å². The first-order valence-electron chi connectivity index (χ1n) is 25.3. The minimum Gasteiger partial charge on any atom is -0.309 e. The van der Waals surface area contributed by atoms with E-state index in [1.807, 2.05) is 0 Å². The summed E-state index contributed by atoms with van der Waals surface area (Å²) in [6.45, 7) is 14.0. The molecule has 0 amide bonds. The normalized spacial score (nSPS) is 12.0. The van der Waals surface area contributed by atoms with Gasteiger partial charge in [-0.25, -0.2) is 0 Å². The van der Waals surface area contributed by atoms with Crippen LogP contribution in [0, 0.1) is 0 Å². The van der Waals surface area contributed by atoms with Crippen molar-refractivity contribution < 1.29 is 0 Å². The van der Waals surface area contributed by atoms with Gasteiger partial charge in [-0.05, 0) is 119 Å². The number of aromatic nitrogens is 1. The molecule has 11 aromatic carbocycles. The number of benzene rings is 11. The van der Waals surface area contributed by atoms with E-state index in [4.69, 9.17) is 0 Å². The van der Waals surface area contributed by atoms with Crippen molar-refractivity contribution in [1.29, 1.82) is 0 Å². The van der Waals surface area contributed by atoms with Crippen LogP contribution in [0.2, 0.25) is 0 Å². The van der Waals surface area contributed by atoms with Gasteiger partial charge in [0, 0.05) is 33.3 Å². The maximum absolute atomic E-state index is 2.54. The average Bonchev–Trinajstić information content (AvgIpc) is 3.74. The topological polar surface area (TPSA) is 8.17 Å². The van der Waals surface area contributed by atoms with E-state index in [9.17, 15) is 0 Å². The second-order valence-electron chi connectivity index (χ2n) is 21.4. The fourth-order valence-corrected chi connectivity index (χ4v) is 10.9. The highest BCUT2D eigenvalue weighted by molar-refractivity contribution is 6.12.